The standard InChI is InChI=1S/C26H21N7O/c1-16-6-3-4-8-21(16)24-31-26-29-17(2)22(25(34)30-20-7-5-13-28-15-20)23(33(26)32-24)19-11-9-18(14-27)10-12-19/h3-13,15,23H,1-2H3,(H,30,34)(H,29,31,32). The smallest absolute Gasteiger partial charge is 0.255 e. The Bertz CT molecular complexity index is 1450. The van der Waals surface area contributed by atoms with Gasteiger partial charge in [0, 0.05) is 17.5 Å². The topological polar surface area (TPSA) is 109 Å². The van der Waals surface area contributed by atoms with Crippen molar-refractivity contribution in [3.05, 3.63) is 101 Å². The minimum absolute atomic E-state index is 0.272. The van der Waals surface area contributed by atoms with Crippen molar-refractivity contribution in [1.29, 1.82) is 5.26 Å². The van der Waals surface area contributed by atoms with Gasteiger partial charge >= 0.3 is 0 Å². The summed E-state index contributed by atoms with van der Waals surface area (Å²) in [6.45, 7) is 3.86. The van der Waals surface area contributed by atoms with E-state index in [-0.39, 0.29) is 5.91 Å². The van der Waals surface area contributed by atoms with Gasteiger partial charge in [-0.2, -0.15) is 10.2 Å². The van der Waals surface area contributed by atoms with Gasteiger partial charge in [0.05, 0.1) is 29.1 Å². The number of rotatable bonds is 4. The maximum atomic E-state index is 13.5. The highest BCUT2D eigenvalue weighted by Crippen LogP contribution is 2.37. The number of nitrogens with one attached hydrogen (secondary N) is 2. The average Bonchev–Trinajstić information content (AvgIpc) is 3.27. The molecule has 0 spiro atoms. The van der Waals surface area contributed by atoms with Crippen molar-refractivity contribution in [2.45, 2.75) is 19.9 Å². The first kappa shape index (κ1) is 21.1. The van der Waals surface area contributed by atoms with E-state index in [1.54, 1.807) is 41.3 Å². The molecular weight excluding hydrogens is 426 g/mol. The lowest BCUT2D eigenvalue weighted by Crippen LogP contribution is -2.31. The fourth-order valence-electron chi connectivity index (χ4n) is 4.07. The highest BCUT2D eigenvalue weighted by Gasteiger charge is 2.34. The number of nitriles is 1. The Hall–Kier alpha value is -4.77. The summed E-state index contributed by atoms with van der Waals surface area (Å²) in [6, 6.07) is 20.2. The van der Waals surface area contributed by atoms with Crippen LogP contribution in [-0.4, -0.2) is 25.7 Å². The van der Waals surface area contributed by atoms with Crippen LogP contribution >= 0.6 is 0 Å². The number of hydrogen-bond acceptors (Lipinski definition) is 6. The molecule has 0 saturated heterocycles. The Morgan fingerprint density at radius 2 is 1.88 bits per heavy atom. The van der Waals surface area contributed by atoms with E-state index < -0.39 is 6.04 Å². The van der Waals surface area contributed by atoms with Crippen LogP contribution in [0.25, 0.3) is 11.4 Å². The minimum Gasteiger partial charge on any atom is -0.328 e. The Kier molecular flexibility index (Phi) is 5.36. The lowest BCUT2D eigenvalue weighted by atomic mass is 9.94. The Balaban J connectivity index is 1.62. The third-order valence-corrected chi connectivity index (χ3v) is 5.76. The van der Waals surface area contributed by atoms with Gasteiger partial charge in [-0.3, -0.25) is 9.78 Å². The maximum absolute atomic E-state index is 13.5. The molecule has 0 aliphatic carbocycles. The Morgan fingerprint density at radius 3 is 2.59 bits per heavy atom. The number of aromatic nitrogens is 4. The van der Waals surface area contributed by atoms with Crippen LogP contribution in [0.4, 0.5) is 11.6 Å². The van der Waals surface area contributed by atoms with Crippen molar-refractivity contribution in [3.63, 3.8) is 0 Å². The Labute approximate surface area is 196 Å². The van der Waals surface area contributed by atoms with Gasteiger partial charge in [0.25, 0.3) is 5.91 Å². The number of amides is 1. The monoisotopic (exact) mass is 447 g/mol. The van der Waals surface area contributed by atoms with Crippen LogP contribution in [0.15, 0.2) is 84.3 Å². The van der Waals surface area contributed by atoms with E-state index >= 15 is 0 Å². The molecule has 2 aromatic heterocycles. The first-order chi connectivity index (χ1) is 16.5. The molecule has 2 N–H and O–H groups in total. The number of carbonyl (C=O) groups is 1. The van der Waals surface area contributed by atoms with Crippen LogP contribution in [0.2, 0.25) is 0 Å². The summed E-state index contributed by atoms with van der Waals surface area (Å²) in [4.78, 5) is 22.3. The summed E-state index contributed by atoms with van der Waals surface area (Å²) >= 11 is 0. The molecule has 34 heavy (non-hydrogen) atoms. The van der Waals surface area contributed by atoms with Gasteiger partial charge in [-0.1, -0.05) is 36.4 Å². The van der Waals surface area contributed by atoms with Crippen molar-refractivity contribution in [3.8, 4) is 17.5 Å². The van der Waals surface area contributed by atoms with Crippen LogP contribution < -0.4 is 10.6 Å². The number of allylic oxidation sites excluding steroid dienone is 1. The van der Waals surface area contributed by atoms with E-state index in [1.807, 2.05) is 50.2 Å². The molecule has 2 aromatic carbocycles. The van der Waals surface area contributed by atoms with Crippen molar-refractivity contribution < 1.29 is 4.79 Å². The molecular formula is C26H21N7O. The lowest BCUT2D eigenvalue weighted by molar-refractivity contribution is -0.113. The second-order valence-electron chi connectivity index (χ2n) is 8.01. The molecule has 1 unspecified atom stereocenters. The van der Waals surface area contributed by atoms with E-state index in [4.69, 9.17) is 10.1 Å². The van der Waals surface area contributed by atoms with Crippen molar-refractivity contribution in [1.82, 2.24) is 19.7 Å². The summed E-state index contributed by atoms with van der Waals surface area (Å²) in [5.41, 5.74) is 5.10. The summed E-state index contributed by atoms with van der Waals surface area (Å²) in [6.07, 6.45) is 3.24. The van der Waals surface area contributed by atoms with Crippen LogP contribution in [0.5, 0.6) is 0 Å². The molecule has 0 saturated carbocycles. The second kappa shape index (κ2) is 8.64. The van der Waals surface area contributed by atoms with Crippen LogP contribution in [0.1, 0.15) is 29.7 Å². The third-order valence-electron chi connectivity index (χ3n) is 5.76. The number of benzene rings is 2. The van der Waals surface area contributed by atoms with E-state index in [0.29, 0.717) is 34.3 Å². The zero-order valence-electron chi connectivity index (χ0n) is 18.6. The van der Waals surface area contributed by atoms with Gasteiger partial charge < -0.3 is 10.6 Å². The molecule has 1 aliphatic rings. The number of carbonyl (C=O) groups excluding carboxylic acids is 1. The molecule has 3 heterocycles. The van der Waals surface area contributed by atoms with Crippen molar-refractivity contribution in [2.75, 3.05) is 10.6 Å². The van der Waals surface area contributed by atoms with E-state index in [2.05, 4.69) is 21.7 Å². The highest BCUT2D eigenvalue weighted by molar-refractivity contribution is 6.05. The lowest BCUT2D eigenvalue weighted by Gasteiger charge is -2.28. The van der Waals surface area contributed by atoms with E-state index in [0.717, 1.165) is 16.7 Å². The molecule has 1 aliphatic heterocycles. The van der Waals surface area contributed by atoms with Crippen LogP contribution in [-0.2, 0) is 4.79 Å². The summed E-state index contributed by atoms with van der Waals surface area (Å²) < 4.78 is 1.73. The average molecular weight is 448 g/mol. The third kappa shape index (κ3) is 3.80. The number of pyridine rings is 1. The summed E-state index contributed by atoms with van der Waals surface area (Å²) in [7, 11) is 0. The molecule has 4 aromatic rings. The molecule has 166 valence electrons. The van der Waals surface area contributed by atoms with Gasteiger partial charge in [-0.05, 0) is 49.2 Å². The molecule has 0 fully saturated rings. The number of aryl methyl sites for hydroxylation is 1. The molecule has 1 amide bonds. The maximum Gasteiger partial charge on any atom is 0.255 e. The first-order valence-electron chi connectivity index (χ1n) is 10.8. The van der Waals surface area contributed by atoms with Gasteiger partial charge in [0.2, 0.25) is 5.95 Å². The molecule has 8 nitrogen and oxygen atoms in total. The number of anilines is 2. The van der Waals surface area contributed by atoms with Gasteiger partial charge in [-0.25, -0.2) is 4.68 Å². The molecule has 0 bridgehead atoms. The number of nitrogens with zero attached hydrogens (tertiary/aromatic N) is 5. The zero-order chi connectivity index (χ0) is 23.7. The second-order valence-corrected chi connectivity index (χ2v) is 8.01. The van der Waals surface area contributed by atoms with E-state index in [9.17, 15) is 10.1 Å². The molecule has 5 rings (SSSR count). The predicted octanol–water partition coefficient (Wildman–Crippen LogP) is 4.45. The largest absolute Gasteiger partial charge is 0.328 e. The van der Waals surface area contributed by atoms with Crippen molar-refractivity contribution in [2.24, 2.45) is 0 Å². The normalized spacial score (nSPS) is 14.7. The Morgan fingerprint density at radius 1 is 1.09 bits per heavy atom. The predicted molar refractivity (Wildman–Crippen MR) is 129 cm³/mol. The van der Waals surface area contributed by atoms with Gasteiger partial charge in [0.1, 0.15) is 6.04 Å². The zero-order valence-corrected chi connectivity index (χ0v) is 18.6. The fraction of sp³-hybridized carbons (Fsp3) is 0.115. The van der Waals surface area contributed by atoms with Gasteiger partial charge in [-0.15, -0.1) is 5.10 Å². The fourth-order valence-corrected chi connectivity index (χ4v) is 4.07. The summed E-state index contributed by atoms with van der Waals surface area (Å²) in [5, 5.41) is 20.2. The highest BCUT2D eigenvalue weighted by atomic mass is 16.1. The SMILES string of the molecule is CC1=C(C(=O)Nc2cccnc2)C(c2ccc(C#N)cc2)n2nc(-c3ccccc3C)nc2N1. The van der Waals surface area contributed by atoms with E-state index in [1.165, 1.54) is 0 Å². The number of fused-ring (bicyclic) bond motifs is 1. The van der Waals surface area contributed by atoms with Crippen LogP contribution in [0.3, 0.4) is 0 Å². The van der Waals surface area contributed by atoms with Gasteiger partial charge in [0.15, 0.2) is 5.82 Å². The molecule has 1 atom stereocenters. The molecule has 8 heteroatoms. The van der Waals surface area contributed by atoms with Crippen molar-refractivity contribution >= 4 is 17.5 Å². The van der Waals surface area contributed by atoms with Crippen LogP contribution in [0, 0.1) is 18.3 Å². The quantitative estimate of drug-likeness (QED) is 0.479. The summed E-state index contributed by atoms with van der Waals surface area (Å²) in [5.74, 6) is 0.843. The first-order valence-corrected chi connectivity index (χ1v) is 10.8. The minimum atomic E-state index is -0.536. The molecule has 0 radical (unpaired) electrons. The number of hydrogen-bond donors (Lipinski definition) is 2.